The number of aryl methyl sites for hydroxylation is 1. The molecule has 5 aliphatic carbocycles. The Hall–Kier alpha value is -5.67. The summed E-state index contributed by atoms with van der Waals surface area (Å²) in [4.78, 5) is 80.8. The summed E-state index contributed by atoms with van der Waals surface area (Å²) in [6.45, 7) is 5.73. The van der Waals surface area contributed by atoms with Gasteiger partial charge in [0, 0.05) is 61.1 Å². The number of nitrogens with one attached hydrogen (secondary N) is 2. The summed E-state index contributed by atoms with van der Waals surface area (Å²) in [5.74, 6) is -2.74. The van der Waals surface area contributed by atoms with Gasteiger partial charge in [0.25, 0.3) is 5.69 Å². The minimum absolute atomic E-state index is 0.00320. The summed E-state index contributed by atoms with van der Waals surface area (Å²) in [6, 6.07) is 18.4. The van der Waals surface area contributed by atoms with Gasteiger partial charge in [0.15, 0.2) is 43.0 Å². The third-order valence-electron chi connectivity index (χ3n) is 19.4. The molecule has 468 valence electrons. The molecule has 2 heterocycles. The van der Waals surface area contributed by atoms with E-state index in [-0.39, 0.29) is 91.3 Å². The maximum Gasteiger partial charge on any atom is 0.524 e. The average Bonchev–Trinajstić information content (AvgIpc) is 1.48. The number of aromatic nitrogens is 1. The fraction of sp³-hybridized carbons (Fsp3) is 0.600. The lowest BCUT2D eigenvalue weighted by Crippen LogP contribution is -2.64. The minimum Gasteiger partial charge on any atom is -0.456 e. The Bertz CT molecular complexity index is 2980. The van der Waals surface area contributed by atoms with Crippen molar-refractivity contribution in [3.63, 3.8) is 0 Å². The number of aliphatic hydroxyl groups is 2. The van der Waals surface area contributed by atoms with E-state index in [1.807, 2.05) is 19.1 Å². The summed E-state index contributed by atoms with van der Waals surface area (Å²) in [6.07, 6.45) is 18.0. The number of pyridine rings is 1. The first-order valence-corrected chi connectivity index (χ1v) is 32.7. The molecule has 1 amide bonds. The first-order valence-electron chi connectivity index (χ1n) is 31.2. The summed E-state index contributed by atoms with van der Waals surface area (Å²) >= 11 is 0. The Kier molecular flexibility index (Phi) is 21.9. The number of carbonyl (C=O) groups is 4. The maximum absolute atomic E-state index is 15.4. The van der Waals surface area contributed by atoms with Crippen molar-refractivity contribution in [3.8, 4) is 5.75 Å². The molecule has 1 aliphatic heterocycles. The van der Waals surface area contributed by atoms with Crippen LogP contribution in [0.3, 0.4) is 0 Å². The van der Waals surface area contributed by atoms with Crippen LogP contribution in [0.25, 0.3) is 0 Å². The molecule has 6 unspecified atom stereocenters. The fourth-order valence-electron chi connectivity index (χ4n) is 15.1. The summed E-state index contributed by atoms with van der Waals surface area (Å²) in [5, 5.41) is 29.8. The normalized spacial score (nSPS) is 27.6. The number of esters is 1. The van der Waals surface area contributed by atoms with Crippen LogP contribution in [-0.2, 0) is 50.9 Å². The molecule has 4 saturated carbocycles. The van der Waals surface area contributed by atoms with Crippen molar-refractivity contribution >= 4 is 37.2 Å². The Morgan fingerprint density at radius 3 is 2.45 bits per heavy atom. The number of amides is 1. The molecular weight excluding hydrogens is 1120 g/mol. The fourth-order valence-corrected chi connectivity index (χ4v) is 15.6. The third-order valence-corrected chi connectivity index (χ3v) is 19.8. The van der Waals surface area contributed by atoms with E-state index >= 15 is 4.79 Å². The van der Waals surface area contributed by atoms with Crippen LogP contribution in [0, 0.1) is 34.5 Å². The van der Waals surface area contributed by atoms with E-state index in [0.717, 1.165) is 102 Å². The van der Waals surface area contributed by atoms with E-state index in [2.05, 4.69) is 46.8 Å². The highest BCUT2D eigenvalue weighted by Crippen LogP contribution is 2.70. The quantitative estimate of drug-likeness (QED) is 0.00838. The number of carbonyl (C=O) groups excluding carboxylic acids is 4. The van der Waals surface area contributed by atoms with Crippen LogP contribution >= 0.6 is 7.82 Å². The van der Waals surface area contributed by atoms with Gasteiger partial charge in [-0.25, -0.2) is 9.36 Å². The van der Waals surface area contributed by atoms with Gasteiger partial charge in [0.1, 0.15) is 11.8 Å². The number of ketones is 2. The summed E-state index contributed by atoms with van der Waals surface area (Å²) < 4.78 is 44.6. The highest BCUT2D eigenvalue weighted by Gasteiger charge is 2.76. The van der Waals surface area contributed by atoms with Crippen molar-refractivity contribution in [1.29, 1.82) is 0 Å². The van der Waals surface area contributed by atoms with Crippen LogP contribution in [0.15, 0.2) is 102 Å². The number of hydrogen-bond donors (Lipinski definition) is 8. The molecular formula is C65H90N6O14P+. The van der Waals surface area contributed by atoms with Crippen molar-refractivity contribution in [2.75, 3.05) is 39.5 Å². The van der Waals surface area contributed by atoms with Crippen molar-refractivity contribution in [2.45, 2.75) is 172 Å². The van der Waals surface area contributed by atoms with Crippen molar-refractivity contribution in [1.82, 2.24) is 10.6 Å². The second-order valence-electron chi connectivity index (χ2n) is 25.0. The zero-order valence-electron chi connectivity index (χ0n) is 49.9. The number of benzene rings is 2. The summed E-state index contributed by atoms with van der Waals surface area (Å²) in [7, 11) is -5.07. The Morgan fingerprint density at radius 1 is 0.930 bits per heavy atom. The largest absolute Gasteiger partial charge is 0.524 e. The molecule has 6 aliphatic rings. The molecule has 0 radical (unpaired) electrons. The molecule has 10 N–H and O–H groups in total. The number of phosphoric acid groups is 1. The van der Waals surface area contributed by atoms with Crippen LogP contribution in [0.5, 0.6) is 5.75 Å². The van der Waals surface area contributed by atoms with Crippen molar-refractivity contribution in [2.24, 2.45) is 51.0 Å². The van der Waals surface area contributed by atoms with Crippen LogP contribution in [0.2, 0.25) is 0 Å². The van der Waals surface area contributed by atoms with Gasteiger partial charge < -0.3 is 55.8 Å². The highest BCUT2D eigenvalue weighted by atomic mass is 31.2. The van der Waals surface area contributed by atoms with Gasteiger partial charge in [0.05, 0.1) is 23.9 Å². The number of aliphatic hydroxyl groups excluding tert-OH is 2. The lowest BCUT2D eigenvalue weighted by Gasteiger charge is -2.59. The second kappa shape index (κ2) is 29.1. The molecule has 1 aromatic heterocycles. The zero-order chi connectivity index (χ0) is 61.1. The SMILES string of the molecule is C[C@]12C=CC(=O)C=C1CCC1C2C(O)C[C@@]2(C)C1C[C@@H]1O[C@@H](C3CCCCC3)O[C@]12C(=O)COC(=O)C(CCCN=C(N)N)NC(=O)c1cccc[n+]1Cc1cc(C(O)CNCCCCCCOCCCCc2ccccc2)ccc1OP(=O)(O)O. The van der Waals surface area contributed by atoms with Gasteiger partial charge in [-0.05, 0) is 143 Å². The number of fused-ring (bicyclic) bond motifs is 7. The Morgan fingerprint density at radius 2 is 1.69 bits per heavy atom. The Balaban J connectivity index is 0.847. The topological polar surface area (TPSA) is 305 Å². The number of guanidine groups is 1. The number of hydrogen-bond acceptors (Lipinski definition) is 14. The number of allylic oxidation sites excluding steroid dienone is 4. The standard InChI is InChI=1S/C65H89N6O14P/c1-63-30-29-48(72)37-47(63)26-27-49-50-38-57-65(64(50,2)39-53(73)58(49)63,84-61(83-57)44-21-9-6-10-22-44)56(75)42-82-60(77)51(23-17-32-69-62(66)67)70-59(76)52-24-11-14-33-71(52)41-46-36-45(25-28-55(46)85-86(78,79)80)54(74)40-68-31-13-3-4-15-34-81-35-16-12-20-43-18-7-5-8-19-43/h5,7-8,11,14,18-19,24-25,28-30,33,36-37,44,49-51,53-54,57-58,61,68,73-74H,3-4,6,9-10,12-13,15-17,20-23,26-27,31-32,34-35,38-42H2,1-2H3,(H6-,66,67,69,70,76,78,79,80)/p+1/t49?,50?,51?,53?,54?,57-,58?,61+,63-,64-,65+/m0/s1. The highest BCUT2D eigenvalue weighted by molar-refractivity contribution is 7.46. The lowest BCUT2D eigenvalue weighted by molar-refractivity contribution is -0.690. The zero-order valence-corrected chi connectivity index (χ0v) is 50.8. The number of aliphatic imine (C=N–C) groups is 1. The lowest BCUT2D eigenvalue weighted by atomic mass is 9.46. The number of nitrogens with two attached hydrogens (primary N) is 2. The third kappa shape index (κ3) is 15.2. The van der Waals surface area contributed by atoms with E-state index in [0.29, 0.717) is 24.9 Å². The van der Waals surface area contributed by atoms with Gasteiger partial charge in [-0.1, -0.05) is 94.0 Å². The number of unbranched alkanes of at least 4 members (excludes halogenated alkanes) is 4. The van der Waals surface area contributed by atoms with Crippen LogP contribution in [0.4, 0.5) is 0 Å². The number of phosphoric ester groups is 1. The number of Topliss-reactive ketones (excluding diaryl/α,β-unsaturated/α-hetero) is 1. The average molecular weight is 1210 g/mol. The predicted molar refractivity (Wildman–Crippen MR) is 321 cm³/mol. The van der Waals surface area contributed by atoms with Crippen LogP contribution in [-0.4, -0.2) is 119 Å². The number of ether oxygens (including phenoxy) is 4. The molecule has 3 aromatic rings. The first kappa shape index (κ1) is 64.8. The molecule has 86 heavy (non-hydrogen) atoms. The second-order valence-corrected chi connectivity index (χ2v) is 26.2. The first-order chi connectivity index (χ1) is 41.3. The van der Waals surface area contributed by atoms with E-state index in [4.69, 9.17) is 34.9 Å². The molecule has 0 bridgehead atoms. The smallest absolute Gasteiger partial charge is 0.456 e. The number of nitrogens with zero attached hydrogens (tertiary/aromatic N) is 2. The molecule has 5 fully saturated rings. The van der Waals surface area contributed by atoms with Gasteiger partial charge in [-0.15, -0.1) is 0 Å². The minimum atomic E-state index is -5.07. The Labute approximate surface area is 505 Å². The number of rotatable bonds is 30. The molecule has 0 spiro atoms. The molecule has 2 aromatic carbocycles. The molecule has 21 heteroatoms. The predicted octanol–water partition coefficient (Wildman–Crippen LogP) is 6.93. The molecule has 9 rings (SSSR count). The van der Waals surface area contributed by atoms with Gasteiger partial charge >= 0.3 is 19.7 Å². The molecule has 20 nitrogen and oxygen atoms in total. The van der Waals surface area contributed by atoms with Crippen molar-refractivity contribution in [3.05, 3.63) is 119 Å². The van der Waals surface area contributed by atoms with Gasteiger partial charge in [-0.2, -0.15) is 4.57 Å². The van der Waals surface area contributed by atoms with E-state index in [1.165, 1.54) is 28.3 Å². The van der Waals surface area contributed by atoms with E-state index in [1.54, 1.807) is 36.5 Å². The molecule has 1 saturated heterocycles. The van der Waals surface area contributed by atoms with E-state index < -0.39 is 79.2 Å². The van der Waals surface area contributed by atoms with E-state index in [9.17, 15) is 38.9 Å². The summed E-state index contributed by atoms with van der Waals surface area (Å²) in [5.41, 5.74) is 11.3. The van der Waals surface area contributed by atoms with Gasteiger partial charge in [0.2, 0.25) is 5.78 Å². The van der Waals surface area contributed by atoms with Crippen LogP contribution < -0.4 is 31.2 Å². The maximum atomic E-state index is 15.4. The van der Waals surface area contributed by atoms with Crippen molar-refractivity contribution < 1.29 is 71.8 Å². The van der Waals surface area contributed by atoms with Crippen LogP contribution in [0.1, 0.15) is 156 Å². The monoisotopic (exact) mass is 1210 g/mol. The molecule has 11 atom stereocenters. The van der Waals surface area contributed by atoms with Gasteiger partial charge in [-0.3, -0.25) is 29.2 Å².